The molecule has 1 N–H and O–H groups in total. The van der Waals surface area contributed by atoms with E-state index in [0.717, 1.165) is 12.4 Å². The Morgan fingerprint density at radius 3 is 2.64 bits per heavy atom. The average Bonchev–Trinajstić information content (AvgIpc) is 2.96. The molecule has 1 aromatic rings. The molecule has 2 atom stereocenters. The van der Waals surface area contributed by atoms with Gasteiger partial charge in [-0.25, -0.2) is 0 Å². The molecule has 1 aliphatic carbocycles. The van der Waals surface area contributed by atoms with Crippen LogP contribution in [0.15, 0.2) is 24.3 Å². The van der Waals surface area contributed by atoms with Crippen molar-refractivity contribution >= 4 is 0 Å². The molecule has 0 bridgehead atoms. The SMILES string of the molecule is CNC1CC1COc1ccc(C)cc1. The van der Waals surface area contributed by atoms with Crippen LogP contribution in [0.25, 0.3) is 0 Å². The maximum absolute atomic E-state index is 5.68. The van der Waals surface area contributed by atoms with E-state index in [1.54, 1.807) is 0 Å². The highest BCUT2D eigenvalue weighted by atomic mass is 16.5. The van der Waals surface area contributed by atoms with Crippen molar-refractivity contribution in [3.63, 3.8) is 0 Å². The van der Waals surface area contributed by atoms with E-state index < -0.39 is 0 Å². The maximum atomic E-state index is 5.68. The highest BCUT2D eigenvalue weighted by Gasteiger charge is 2.35. The van der Waals surface area contributed by atoms with Gasteiger partial charge in [-0.3, -0.25) is 0 Å². The first-order chi connectivity index (χ1) is 6.79. The van der Waals surface area contributed by atoms with E-state index in [2.05, 4.69) is 24.4 Å². The van der Waals surface area contributed by atoms with E-state index in [-0.39, 0.29) is 0 Å². The summed E-state index contributed by atoms with van der Waals surface area (Å²) in [5, 5.41) is 3.25. The summed E-state index contributed by atoms with van der Waals surface area (Å²) in [5.74, 6) is 1.69. The number of benzene rings is 1. The van der Waals surface area contributed by atoms with Crippen LogP contribution in [0.4, 0.5) is 0 Å². The van der Waals surface area contributed by atoms with Gasteiger partial charge in [0, 0.05) is 12.0 Å². The van der Waals surface area contributed by atoms with E-state index >= 15 is 0 Å². The summed E-state index contributed by atoms with van der Waals surface area (Å²) < 4.78 is 5.68. The van der Waals surface area contributed by atoms with Gasteiger partial charge in [0.05, 0.1) is 6.61 Å². The molecule has 0 heterocycles. The summed E-state index contributed by atoms with van der Waals surface area (Å²) in [7, 11) is 2.01. The quantitative estimate of drug-likeness (QED) is 0.785. The summed E-state index contributed by atoms with van der Waals surface area (Å²) >= 11 is 0. The summed E-state index contributed by atoms with van der Waals surface area (Å²) in [6.45, 7) is 2.93. The van der Waals surface area contributed by atoms with Gasteiger partial charge < -0.3 is 10.1 Å². The van der Waals surface area contributed by atoms with Crippen LogP contribution in [0.2, 0.25) is 0 Å². The van der Waals surface area contributed by atoms with Crippen molar-refractivity contribution in [3.8, 4) is 5.75 Å². The first kappa shape index (κ1) is 9.53. The third-order valence-electron chi connectivity index (χ3n) is 2.78. The third kappa shape index (κ3) is 2.26. The lowest BCUT2D eigenvalue weighted by Crippen LogP contribution is -2.14. The summed E-state index contributed by atoms with van der Waals surface area (Å²) in [6, 6.07) is 8.91. The predicted octanol–water partition coefficient (Wildman–Crippen LogP) is 1.98. The molecule has 1 aromatic carbocycles. The zero-order valence-corrected chi connectivity index (χ0v) is 8.79. The van der Waals surface area contributed by atoms with Gasteiger partial charge >= 0.3 is 0 Å². The van der Waals surface area contributed by atoms with Crippen LogP contribution in [0.5, 0.6) is 5.75 Å². The Bertz CT molecular complexity index is 294. The lowest BCUT2D eigenvalue weighted by molar-refractivity contribution is 0.294. The lowest BCUT2D eigenvalue weighted by atomic mass is 10.2. The molecule has 1 aliphatic rings. The van der Waals surface area contributed by atoms with Crippen LogP contribution in [-0.4, -0.2) is 19.7 Å². The molecule has 0 radical (unpaired) electrons. The average molecular weight is 191 g/mol. The number of nitrogens with one attached hydrogen (secondary N) is 1. The number of hydrogen-bond acceptors (Lipinski definition) is 2. The standard InChI is InChI=1S/C12H17NO/c1-9-3-5-11(6-4-9)14-8-10-7-12(10)13-2/h3-6,10,12-13H,7-8H2,1-2H3. The van der Waals surface area contributed by atoms with Gasteiger partial charge in [0.15, 0.2) is 0 Å². The van der Waals surface area contributed by atoms with E-state index in [1.807, 2.05) is 19.2 Å². The normalized spacial score (nSPS) is 24.7. The first-order valence-electron chi connectivity index (χ1n) is 5.16. The molecular weight excluding hydrogens is 174 g/mol. The molecule has 0 aromatic heterocycles. The molecule has 0 amide bonds. The van der Waals surface area contributed by atoms with Gasteiger partial charge in [-0.15, -0.1) is 0 Å². The number of rotatable bonds is 4. The minimum absolute atomic E-state index is 0.681. The number of hydrogen-bond donors (Lipinski definition) is 1. The second-order valence-corrected chi connectivity index (χ2v) is 4.02. The van der Waals surface area contributed by atoms with Crippen LogP contribution in [0.1, 0.15) is 12.0 Å². The van der Waals surface area contributed by atoms with Crippen LogP contribution in [0.3, 0.4) is 0 Å². The minimum atomic E-state index is 0.681. The van der Waals surface area contributed by atoms with Gasteiger partial charge in [-0.1, -0.05) is 17.7 Å². The second-order valence-electron chi connectivity index (χ2n) is 4.02. The Labute approximate surface area is 85.3 Å². The van der Waals surface area contributed by atoms with Gasteiger partial charge in [-0.05, 0) is 32.5 Å². The molecule has 0 saturated heterocycles. The smallest absolute Gasteiger partial charge is 0.119 e. The Morgan fingerprint density at radius 2 is 2.07 bits per heavy atom. The maximum Gasteiger partial charge on any atom is 0.119 e. The van der Waals surface area contributed by atoms with Crippen molar-refractivity contribution in [1.29, 1.82) is 0 Å². The second kappa shape index (κ2) is 4.01. The highest BCUT2D eigenvalue weighted by Crippen LogP contribution is 2.30. The fourth-order valence-electron chi connectivity index (χ4n) is 1.62. The van der Waals surface area contributed by atoms with Gasteiger partial charge in [0.1, 0.15) is 5.75 Å². The molecule has 14 heavy (non-hydrogen) atoms. The van der Waals surface area contributed by atoms with Crippen LogP contribution in [-0.2, 0) is 0 Å². The zero-order valence-electron chi connectivity index (χ0n) is 8.79. The molecule has 2 rings (SSSR count). The monoisotopic (exact) mass is 191 g/mol. The first-order valence-corrected chi connectivity index (χ1v) is 5.16. The Kier molecular flexibility index (Phi) is 2.73. The minimum Gasteiger partial charge on any atom is -0.493 e. The lowest BCUT2D eigenvalue weighted by Gasteiger charge is -2.05. The van der Waals surface area contributed by atoms with Gasteiger partial charge in [0.2, 0.25) is 0 Å². The Hall–Kier alpha value is -1.02. The zero-order chi connectivity index (χ0) is 9.97. The highest BCUT2D eigenvalue weighted by molar-refractivity contribution is 5.26. The topological polar surface area (TPSA) is 21.3 Å². The van der Waals surface area contributed by atoms with Crippen molar-refractivity contribution in [2.75, 3.05) is 13.7 Å². The fraction of sp³-hybridized carbons (Fsp3) is 0.500. The van der Waals surface area contributed by atoms with Crippen LogP contribution < -0.4 is 10.1 Å². The summed E-state index contributed by atoms with van der Waals surface area (Å²) in [6.07, 6.45) is 1.25. The largest absolute Gasteiger partial charge is 0.493 e. The molecule has 0 aliphatic heterocycles. The summed E-state index contributed by atoms with van der Waals surface area (Å²) in [4.78, 5) is 0. The fourth-order valence-corrected chi connectivity index (χ4v) is 1.62. The molecule has 2 nitrogen and oxygen atoms in total. The molecular formula is C12H17NO. The van der Waals surface area contributed by atoms with E-state index in [4.69, 9.17) is 4.74 Å². The van der Waals surface area contributed by atoms with Crippen molar-refractivity contribution in [3.05, 3.63) is 29.8 Å². The van der Waals surface area contributed by atoms with Gasteiger partial charge in [-0.2, -0.15) is 0 Å². The van der Waals surface area contributed by atoms with Crippen molar-refractivity contribution in [1.82, 2.24) is 5.32 Å². The van der Waals surface area contributed by atoms with E-state index in [9.17, 15) is 0 Å². The van der Waals surface area contributed by atoms with Crippen molar-refractivity contribution in [2.24, 2.45) is 5.92 Å². The molecule has 1 saturated carbocycles. The molecule has 76 valence electrons. The van der Waals surface area contributed by atoms with Gasteiger partial charge in [0.25, 0.3) is 0 Å². The predicted molar refractivity (Wildman–Crippen MR) is 57.6 cm³/mol. The van der Waals surface area contributed by atoms with Crippen molar-refractivity contribution in [2.45, 2.75) is 19.4 Å². The van der Waals surface area contributed by atoms with Crippen LogP contribution in [0, 0.1) is 12.8 Å². The van der Waals surface area contributed by atoms with Crippen LogP contribution >= 0.6 is 0 Å². The van der Waals surface area contributed by atoms with Crippen molar-refractivity contribution < 1.29 is 4.74 Å². The van der Waals surface area contributed by atoms with E-state index in [1.165, 1.54) is 12.0 Å². The molecule has 2 heteroatoms. The van der Waals surface area contributed by atoms with E-state index in [0.29, 0.717) is 12.0 Å². The Morgan fingerprint density at radius 1 is 1.36 bits per heavy atom. The molecule has 1 fully saturated rings. The molecule has 2 unspecified atom stereocenters. The Balaban J connectivity index is 1.78. The third-order valence-corrected chi connectivity index (χ3v) is 2.78. The number of ether oxygens (including phenoxy) is 1. The number of aryl methyl sites for hydroxylation is 1. The summed E-state index contributed by atoms with van der Waals surface area (Å²) in [5.41, 5.74) is 1.27. The molecule has 0 spiro atoms.